The average molecular weight is 304 g/mol. The van der Waals surface area contributed by atoms with Crippen LogP contribution in [0.1, 0.15) is 39.0 Å². The third kappa shape index (κ3) is 4.46. The predicted octanol–water partition coefficient (Wildman–Crippen LogP) is 4.26. The van der Waals surface area contributed by atoms with E-state index in [2.05, 4.69) is 24.1 Å². The van der Waals surface area contributed by atoms with Crippen LogP contribution >= 0.6 is 12.2 Å². The van der Waals surface area contributed by atoms with Crippen molar-refractivity contribution < 1.29 is 4.74 Å². The van der Waals surface area contributed by atoms with Crippen LogP contribution in [-0.2, 0) is 0 Å². The highest BCUT2D eigenvalue weighted by Gasteiger charge is 2.32. The highest BCUT2D eigenvalue weighted by molar-refractivity contribution is 7.80. The van der Waals surface area contributed by atoms with E-state index in [9.17, 15) is 0 Å². The first kappa shape index (κ1) is 15.8. The van der Waals surface area contributed by atoms with E-state index in [1.807, 2.05) is 24.3 Å². The number of hydrogen-bond acceptors (Lipinski definition) is 2. The molecule has 1 saturated carbocycles. The van der Waals surface area contributed by atoms with Gasteiger partial charge in [0.2, 0.25) is 0 Å². The lowest BCUT2D eigenvalue weighted by Gasteiger charge is -2.30. The van der Waals surface area contributed by atoms with Crippen molar-refractivity contribution in [3.05, 3.63) is 36.9 Å². The Labute approximate surface area is 132 Å². The second-order valence-corrected chi connectivity index (χ2v) is 5.96. The first-order valence-electron chi connectivity index (χ1n) is 7.60. The molecule has 1 fully saturated rings. The molecule has 0 amide bonds. The van der Waals surface area contributed by atoms with Gasteiger partial charge in [-0.05, 0) is 43.6 Å². The van der Waals surface area contributed by atoms with Gasteiger partial charge in [0, 0.05) is 17.3 Å². The largest absolute Gasteiger partial charge is 0.489 e. The number of ether oxygens (including phenoxy) is 1. The molecule has 0 aromatic heterocycles. The molecule has 1 aliphatic rings. The average Bonchev–Trinajstić information content (AvgIpc) is 2.94. The second kappa shape index (κ2) is 7.46. The molecule has 1 aliphatic carbocycles. The van der Waals surface area contributed by atoms with E-state index in [0.717, 1.165) is 17.9 Å². The Morgan fingerprint density at radius 1 is 1.43 bits per heavy atom. The number of nitrogens with one attached hydrogen (secondary N) is 2. The van der Waals surface area contributed by atoms with Gasteiger partial charge in [-0.15, -0.1) is 0 Å². The van der Waals surface area contributed by atoms with Crippen LogP contribution in [0.4, 0.5) is 5.69 Å². The second-order valence-electron chi connectivity index (χ2n) is 5.55. The molecule has 114 valence electrons. The predicted molar refractivity (Wildman–Crippen MR) is 93.0 cm³/mol. The third-order valence-corrected chi connectivity index (χ3v) is 4.28. The molecule has 2 rings (SSSR count). The molecule has 0 spiro atoms. The lowest BCUT2D eigenvalue weighted by Crippen LogP contribution is -2.47. The van der Waals surface area contributed by atoms with Crippen molar-refractivity contribution >= 4 is 23.0 Å². The lowest BCUT2D eigenvalue weighted by molar-refractivity contribution is 0.363. The molecule has 3 nitrogen and oxygen atoms in total. The zero-order chi connectivity index (χ0) is 15.1. The topological polar surface area (TPSA) is 33.3 Å². The van der Waals surface area contributed by atoms with E-state index in [1.165, 1.54) is 25.7 Å². The number of anilines is 1. The van der Waals surface area contributed by atoms with E-state index in [1.54, 1.807) is 6.08 Å². The quantitative estimate of drug-likeness (QED) is 0.608. The highest BCUT2D eigenvalue weighted by Crippen LogP contribution is 2.32. The van der Waals surface area contributed by atoms with Gasteiger partial charge in [0.15, 0.2) is 5.11 Å². The van der Waals surface area contributed by atoms with Gasteiger partial charge in [-0.25, -0.2) is 0 Å². The van der Waals surface area contributed by atoms with Crippen LogP contribution in [0.25, 0.3) is 0 Å². The molecule has 0 bridgehead atoms. The molecule has 21 heavy (non-hydrogen) atoms. The summed E-state index contributed by atoms with van der Waals surface area (Å²) in [5, 5.41) is 7.47. The van der Waals surface area contributed by atoms with Crippen molar-refractivity contribution in [1.82, 2.24) is 5.32 Å². The Balaban J connectivity index is 1.94. The summed E-state index contributed by atoms with van der Waals surface area (Å²) in [5.74, 6) is 0.814. The van der Waals surface area contributed by atoms with Gasteiger partial charge in [-0.3, -0.25) is 0 Å². The van der Waals surface area contributed by atoms with Gasteiger partial charge in [0.05, 0.1) is 0 Å². The van der Waals surface area contributed by atoms with Crippen molar-refractivity contribution in [2.45, 2.75) is 44.6 Å². The van der Waals surface area contributed by atoms with E-state index in [4.69, 9.17) is 17.0 Å². The minimum Gasteiger partial charge on any atom is -0.489 e. The minimum atomic E-state index is 0.182. The number of rotatable bonds is 6. The summed E-state index contributed by atoms with van der Waals surface area (Å²) < 4.78 is 5.53. The van der Waals surface area contributed by atoms with Crippen molar-refractivity contribution in [3.63, 3.8) is 0 Å². The Morgan fingerprint density at radius 3 is 2.86 bits per heavy atom. The number of benzene rings is 1. The summed E-state index contributed by atoms with van der Waals surface area (Å²) in [6.07, 6.45) is 7.82. The molecule has 0 heterocycles. The molecule has 0 saturated heterocycles. The van der Waals surface area contributed by atoms with Crippen LogP contribution in [0.2, 0.25) is 0 Å². The molecule has 0 unspecified atom stereocenters. The standard InChI is InChI=1S/C17H24N2OS/c1-3-12-20-15-9-7-8-14(13-15)18-16(21)19-17(4-2)10-5-6-11-17/h3,7-9,13H,1,4-6,10-12H2,2H3,(H2,18,19,21). The molecule has 1 aromatic carbocycles. The molecule has 4 heteroatoms. The zero-order valence-electron chi connectivity index (χ0n) is 12.7. The van der Waals surface area contributed by atoms with Crippen LogP contribution in [0, 0.1) is 0 Å². The molecule has 0 radical (unpaired) electrons. The SMILES string of the molecule is C=CCOc1cccc(NC(=S)NC2(CC)CCCC2)c1. The van der Waals surface area contributed by atoms with Gasteiger partial charge in [-0.1, -0.05) is 38.5 Å². The van der Waals surface area contributed by atoms with Crippen LogP contribution < -0.4 is 15.4 Å². The van der Waals surface area contributed by atoms with Crippen molar-refractivity contribution in [2.75, 3.05) is 11.9 Å². The third-order valence-electron chi connectivity index (χ3n) is 4.08. The van der Waals surface area contributed by atoms with Crippen LogP contribution in [0.3, 0.4) is 0 Å². The fourth-order valence-corrected chi connectivity index (χ4v) is 3.18. The summed E-state index contributed by atoms with van der Waals surface area (Å²) in [4.78, 5) is 0. The smallest absolute Gasteiger partial charge is 0.171 e. The van der Waals surface area contributed by atoms with Crippen molar-refractivity contribution in [1.29, 1.82) is 0 Å². The van der Waals surface area contributed by atoms with Crippen molar-refractivity contribution in [2.24, 2.45) is 0 Å². The Hall–Kier alpha value is -1.55. The van der Waals surface area contributed by atoms with Crippen LogP contribution in [-0.4, -0.2) is 17.3 Å². The van der Waals surface area contributed by atoms with Gasteiger partial charge in [0.25, 0.3) is 0 Å². The van der Waals surface area contributed by atoms with Gasteiger partial charge in [-0.2, -0.15) is 0 Å². The summed E-state index contributed by atoms with van der Waals surface area (Å²) in [7, 11) is 0. The number of hydrogen-bond donors (Lipinski definition) is 2. The molecular formula is C17H24N2OS. The van der Waals surface area contributed by atoms with E-state index >= 15 is 0 Å². The number of thiocarbonyl (C=S) groups is 1. The molecule has 2 N–H and O–H groups in total. The summed E-state index contributed by atoms with van der Waals surface area (Å²) >= 11 is 5.46. The van der Waals surface area contributed by atoms with Crippen LogP contribution in [0.5, 0.6) is 5.75 Å². The van der Waals surface area contributed by atoms with Crippen LogP contribution in [0.15, 0.2) is 36.9 Å². The minimum absolute atomic E-state index is 0.182. The zero-order valence-corrected chi connectivity index (χ0v) is 13.5. The van der Waals surface area contributed by atoms with E-state index in [0.29, 0.717) is 11.7 Å². The Kier molecular flexibility index (Phi) is 5.62. The van der Waals surface area contributed by atoms with E-state index in [-0.39, 0.29) is 5.54 Å². The molecule has 0 aliphatic heterocycles. The van der Waals surface area contributed by atoms with Gasteiger partial charge >= 0.3 is 0 Å². The first-order valence-corrected chi connectivity index (χ1v) is 8.01. The fourth-order valence-electron chi connectivity index (χ4n) is 2.84. The monoisotopic (exact) mass is 304 g/mol. The van der Waals surface area contributed by atoms with E-state index < -0.39 is 0 Å². The van der Waals surface area contributed by atoms with Crippen molar-refractivity contribution in [3.8, 4) is 5.75 Å². The fraction of sp³-hybridized carbons (Fsp3) is 0.471. The molecule has 0 atom stereocenters. The molecular weight excluding hydrogens is 280 g/mol. The maximum absolute atomic E-state index is 5.53. The molecule has 1 aromatic rings. The normalized spacial score (nSPS) is 16.2. The summed E-state index contributed by atoms with van der Waals surface area (Å²) in [6, 6.07) is 7.82. The van der Waals surface area contributed by atoms with Gasteiger partial charge < -0.3 is 15.4 Å². The summed E-state index contributed by atoms with van der Waals surface area (Å²) in [6.45, 7) is 6.38. The Bertz CT molecular complexity index is 495. The first-order chi connectivity index (χ1) is 10.2. The maximum Gasteiger partial charge on any atom is 0.171 e. The lowest BCUT2D eigenvalue weighted by atomic mass is 9.95. The Morgan fingerprint density at radius 2 is 2.19 bits per heavy atom. The maximum atomic E-state index is 5.53. The highest BCUT2D eigenvalue weighted by atomic mass is 32.1. The van der Waals surface area contributed by atoms with Gasteiger partial charge in [0.1, 0.15) is 12.4 Å². The summed E-state index contributed by atoms with van der Waals surface area (Å²) in [5.41, 5.74) is 1.12.